The van der Waals surface area contributed by atoms with Crippen LogP contribution in [0.4, 0.5) is 0 Å². The fourth-order valence-electron chi connectivity index (χ4n) is 2.31. The van der Waals surface area contributed by atoms with Crippen molar-refractivity contribution in [2.45, 2.75) is 46.1 Å². The average Bonchev–Trinajstić information content (AvgIpc) is 2.76. The first kappa shape index (κ1) is 11.6. The Morgan fingerprint density at radius 3 is 3.00 bits per heavy atom. The smallest absolute Gasteiger partial charge is 0.243 e. The van der Waals surface area contributed by atoms with Crippen LogP contribution >= 0.6 is 0 Å². The molecule has 4 nitrogen and oxygen atoms in total. The summed E-state index contributed by atoms with van der Waals surface area (Å²) in [5.41, 5.74) is 0. The molecule has 1 aromatic rings. The highest BCUT2D eigenvalue weighted by atomic mass is 16.5. The van der Waals surface area contributed by atoms with Gasteiger partial charge >= 0.3 is 0 Å². The Balaban J connectivity index is 2.02. The number of aromatic nitrogens is 2. The van der Waals surface area contributed by atoms with Gasteiger partial charge in [0.15, 0.2) is 5.82 Å². The van der Waals surface area contributed by atoms with E-state index >= 15 is 0 Å². The third-order valence-electron chi connectivity index (χ3n) is 3.39. The van der Waals surface area contributed by atoms with E-state index in [2.05, 4.69) is 28.9 Å². The third kappa shape index (κ3) is 2.43. The van der Waals surface area contributed by atoms with Crippen molar-refractivity contribution < 1.29 is 4.52 Å². The van der Waals surface area contributed by atoms with E-state index in [1.165, 1.54) is 12.8 Å². The van der Waals surface area contributed by atoms with Crippen LogP contribution in [0.2, 0.25) is 0 Å². The van der Waals surface area contributed by atoms with Gasteiger partial charge in [-0.15, -0.1) is 0 Å². The normalized spacial score (nSPS) is 24.6. The first-order valence-electron chi connectivity index (χ1n) is 6.27. The standard InChI is InChI=1S/C12H21N3O/c1-4-11-13-12(16-14-11)10(3)15-7-5-6-9(2)8-15/h9-10H,4-8H2,1-3H3. The van der Waals surface area contributed by atoms with Gasteiger partial charge in [0, 0.05) is 13.0 Å². The number of rotatable bonds is 3. The fraction of sp³-hybridized carbons (Fsp3) is 0.833. The summed E-state index contributed by atoms with van der Waals surface area (Å²) in [6.07, 6.45) is 3.46. The number of piperidine rings is 1. The quantitative estimate of drug-likeness (QED) is 0.789. The summed E-state index contributed by atoms with van der Waals surface area (Å²) in [5, 5.41) is 3.96. The molecule has 0 N–H and O–H groups in total. The van der Waals surface area contributed by atoms with E-state index < -0.39 is 0 Å². The van der Waals surface area contributed by atoms with Crippen LogP contribution in [0.5, 0.6) is 0 Å². The first-order chi connectivity index (χ1) is 7.70. The van der Waals surface area contributed by atoms with Crippen molar-refractivity contribution in [2.24, 2.45) is 5.92 Å². The van der Waals surface area contributed by atoms with Crippen molar-refractivity contribution in [1.82, 2.24) is 15.0 Å². The Bertz CT molecular complexity index is 337. The van der Waals surface area contributed by atoms with Gasteiger partial charge in [-0.25, -0.2) is 0 Å². The van der Waals surface area contributed by atoms with Crippen LogP contribution in [0.3, 0.4) is 0 Å². The zero-order chi connectivity index (χ0) is 11.5. The predicted molar refractivity (Wildman–Crippen MR) is 62.1 cm³/mol. The lowest BCUT2D eigenvalue weighted by molar-refractivity contribution is 0.117. The van der Waals surface area contributed by atoms with Gasteiger partial charge in [-0.05, 0) is 32.2 Å². The van der Waals surface area contributed by atoms with Gasteiger partial charge < -0.3 is 4.52 Å². The van der Waals surface area contributed by atoms with Crippen molar-refractivity contribution in [1.29, 1.82) is 0 Å². The molecular weight excluding hydrogens is 202 g/mol. The maximum absolute atomic E-state index is 5.30. The molecule has 16 heavy (non-hydrogen) atoms. The van der Waals surface area contributed by atoms with E-state index in [1.54, 1.807) is 0 Å². The molecule has 4 heteroatoms. The summed E-state index contributed by atoms with van der Waals surface area (Å²) in [5.74, 6) is 2.36. The second-order valence-corrected chi connectivity index (χ2v) is 4.82. The molecule has 1 fully saturated rings. The highest BCUT2D eigenvalue weighted by molar-refractivity contribution is 4.93. The summed E-state index contributed by atoms with van der Waals surface area (Å²) in [7, 11) is 0. The summed E-state index contributed by atoms with van der Waals surface area (Å²) >= 11 is 0. The highest BCUT2D eigenvalue weighted by Gasteiger charge is 2.25. The molecule has 1 aliphatic rings. The molecule has 0 radical (unpaired) electrons. The van der Waals surface area contributed by atoms with Gasteiger partial charge in [0.1, 0.15) is 0 Å². The zero-order valence-electron chi connectivity index (χ0n) is 10.4. The predicted octanol–water partition coefficient (Wildman–Crippen LogP) is 2.42. The van der Waals surface area contributed by atoms with Crippen LogP contribution in [0.15, 0.2) is 4.52 Å². The van der Waals surface area contributed by atoms with E-state index in [1.807, 2.05) is 6.92 Å². The number of nitrogens with zero attached hydrogens (tertiary/aromatic N) is 3. The van der Waals surface area contributed by atoms with Crippen LogP contribution in [0.1, 0.15) is 51.4 Å². The molecule has 0 amide bonds. The Kier molecular flexibility index (Phi) is 3.59. The maximum atomic E-state index is 5.30. The van der Waals surface area contributed by atoms with Gasteiger partial charge in [0.05, 0.1) is 6.04 Å². The molecule has 0 saturated carbocycles. The fourth-order valence-corrected chi connectivity index (χ4v) is 2.31. The third-order valence-corrected chi connectivity index (χ3v) is 3.39. The van der Waals surface area contributed by atoms with Crippen molar-refractivity contribution >= 4 is 0 Å². The Labute approximate surface area is 97.0 Å². The second-order valence-electron chi connectivity index (χ2n) is 4.82. The molecular formula is C12H21N3O. The van der Waals surface area contributed by atoms with Crippen LogP contribution in [0, 0.1) is 5.92 Å². The Morgan fingerprint density at radius 2 is 2.38 bits per heavy atom. The molecule has 2 atom stereocenters. The second kappa shape index (κ2) is 4.95. The van der Waals surface area contributed by atoms with E-state index in [0.717, 1.165) is 37.1 Å². The summed E-state index contributed by atoms with van der Waals surface area (Å²) in [4.78, 5) is 6.86. The van der Waals surface area contributed by atoms with Crippen LogP contribution < -0.4 is 0 Å². The minimum Gasteiger partial charge on any atom is -0.338 e. The monoisotopic (exact) mass is 223 g/mol. The molecule has 1 aliphatic heterocycles. The maximum Gasteiger partial charge on any atom is 0.243 e. The van der Waals surface area contributed by atoms with Crippen LogP contribution in [0.25, 0.3) is 0 Å². The highest BCUT2D eigenvalue weighted by Crippen LogP contribution is 2.25. The van der Waals surface area contributed by atoms with E-state index in [4.69, 9.17) is 4.52 Å². The van der Waals surface area contributed by atoms with Gasteiger partial charge in [-0.3, -0.25) is 4.90 Å². The minimum absolute atomic E-state index is 0.260. The van der Waals surface area contributed by atoms with Gasteiger partial charge in [0.2, 0.25) is 5.89 Å². The number of hydrogen-bond acceptors (Lipinski definition) is 4. The Hall–Kier alpha value is -0.900. The van der Waals surface area contributed by atoms with Crippen molar-refractivity contribution in [2.75, 3.05) is 13.1 Å². The van der Waals surface area contributed by atoms with Crippen molar-refractivity contribution in [3.8, 4) is 0 Å². The molecule has 2 heterocycles. The first-order valence-corrected chi connectivity index (χ1v) is 6.27. The summed E-state index contributed by atoms with van der Waals surface area (Å²) < 4.78 is 5.30. The topological polar surface area (TPSA) is 42.2 Å². The molecule has 1 aromatic heterocycles. The minimum atomic E-state index is 0.260. The molecule has 2 rings (SSSR count). The molecule has 1 saturated heterocycles. The number of hydrogen-bond donors (Lipinski definition) is 0. The molecule has 0 aliphatic carbocycles. The summed E-state index contributed by atoms with van der Waals surface area (Å²) in [6.45, 7) is 8.80. The van der Waals surface area contributed by atoms with Crippen molar-refractivity contribution in [3.05, 3.63) is 11.7 Å². The van der Waals surface area contributed by atoms with Gasteiger partial charge in [-0.1, -0.05) is 19.0 Å². The van der Waals surface area contributed by atoms with Gasteiger partial charge in [-0.2, -0.15) is 4.98 Å². The van der Waals surface area contributed by atoms with Crippen LogP contribution in [-0.4, -0.2) is 28.1 Å². The van der Waals surface area contributed by atoms with Crippen molar-refractivity contribution in [3.63, 3.8) is 0 Å². The van der Waals surface area contributed by atoms with E-state index in [0.29, 0.717) is 0 Å². The largest absolute Gasteiger partial charge is 0.338 e. The van der Waals surface area contributed by atoms with Gasteiger partial charge in [0.25, 0.3) is 0 Å². The lowest BCUT2D eigenvalue weighted by Crippen LogP contribution is -2.36. The molecule has 0 bridgehead atoms. The Morgan fingerprint density at radius 1 is 1.56 bits per heavy atom. The van der Waals surface area contributed by atoms with E-state index in [9.17, 15) is 0 Å². The lowest BCUT2D eigenvalue weighted by atomic mass is 9.99. The van der Waals surface area contributed by atoms with E-state index in [-0.39, 0.29) is 6.04 Å². The zero-order valence-corrected chi connectivity index (χ0v) is 10.4. The SMILES string of the molecule is CCc1noc(C(C)N2CCCC(C)C2)n1. The lowest BCUT2D eigenvalue weighted by Gasteiger charge is -2.33. The number of likely N-dealkylation sites (tertiary alicyclic amines) is 1. The molecule has 0 aromatic carbocycles. The molecule has 90 valence electrons. The summed E-state index contributed by atoms with van der Waals surface area (Å²) in [6, 6.07) is 0.260. The molecule has 0 spiro atoms. The number of aryl methyl sites for hydroxylation is 1. The van der Waals surface area contributed by atoms with Crippen LogP contribution in [-0.2, 0) is 6.42 Å². The molecule has 2 unspecified atom stereocenters. The average molecular weight is 223 g/mol.